The minimum absolute atomic E-state index is 0.104. The van der Waals surface area contributed by atoms with Gasteiger partial charge < -0.3 is 10.1 Å². The van der Waals surface area contributed by atoms with Crippen LogP contribution < -0.4 is 5.56 Å². The number of aliphatic hydroxyl groups excluding tert-OH is 1. The Morgan fingerprint density at radius 1 is 1.10 bits per heavy atom. The topological polar surface area (TPSA) is 99.9 Å². The Balaban J connectivity index is 1.62. The number of H-pyrrole nitrogens is 1. The molecule has 2 fully saturated rings. The smallest absolute Gasteiger partial charge is 0.253 e. The molecular weight excluding hydrogens is 392 g/mol. The third-order valence-corrected chi connectivity index (χ3v) is 6.87. The molecule has 0 unspecified atom stereocenters. The number of rotatable bonds is 4. The van der Waals surface area contributed by atoms with Gasteiger partial charge in [0.2, 0.25) is 0 Å². The Morgan fingerprint density at radius 2 is 1.87 bits per heavy atom. The normalized spacial score (nSPS) is 20.3. The zero-order valence-electron chi connectivity index (χ0n) is 18.0. The molecule has 2 aliphatic rings. The van der Waals surface area contributed by atoms with Crippen LogP contribution in [0, 0.1) is 6.92 Å². The van der Waals surface area contributed by atoms with Crippen molar-refractivity contribution in [1.29, 1.82) is 0 Å². The van der Waals surface area contributed by atoms with Crippen molar-refractivity contribution in [2.24, 2.45) is 0 Å². The summed E-state index contributed by atoms with van der Waals surface area (Å²) in [5.74, 6) is 0.736. The van der Waals surface area contributed by atoms with E-state index in [1.165, 1.54) is 19.3 Å². The highest BCUT2D eigenvalue weighted by molar-refractivity contribution is 5.79. The number of benzene rings is 1. The average Bonchev–Trinajstić information content (AvgIpc) is 3.26. The number of piperidine rings is 1. The molecule has 0 radical (unpaired) electrons. The molecule has 0 bridgehead atoms. The lowest BCUT2D eigenvalue weighted by Gasteiger charge is -2.36. The van der Waals surface area contributed by atoms with Crippen molar-refractivity contribution in [1.82, 2.24) is 30.1 Å². The number of nitrogens with zero attached hydrogens (tertiary/aromatic N) is 5. The molecule has 1 aliphatic carbocycles. The largest absolute Gasteiger partial charge is 0.393 e. The highest BCUT2D eigenvalue weighted by atomic mass is 16.3. The van der Waals surface area contributed by atoms with Crippen molar-refractivity contribution in [2.45, 2.75) is 70.1 Å². The summed E-state index contributed by atoms with van der Waals surface area (Å²) in [7, 11) is 0. The number of hydrogen-bond acceptors (Lipinski definition) is 6. The van der Waals surface area contributed by atoms with Crippen LogP contribution in [0.3, 0.4) is 0 Å². The Bertz CT molecular complexity index is 1110. The minimum atomic E-state index is -0.334. The van der Waals surface area contributed by atoms with E-state index in [1.54, 1.807) is 0 Å². The van der Waals surface area contributed by atoms with Gasteiger partial charge in [-0.3, -0.25) is 9.69 Å². The molecule has 2 aromatic heterocycles. The van der Waals surface area contributed by atoms with Crippen LogP contribution in [0.5, 0.6) is 0 Å². The van der Waals surface area contributed by atoms with Crippen LogP contribution in [0.25, 0.3) is 10.9 Å². The van der Waals surface area contributed by atoms with E-state index in [1.807, 2.05) is 29.8 Å². The van der Waals surface area contributed by atoms with Crippen LogP contribution in [0.15, 0.2) is 29.1 Å². The summed E-state index contributed by atoms with van der Waals surface area (Å²) >= 11 is 0. The van der Waals surface area contributed by atoms with Gasteiger partial charge in [-0.15, -0.1) is 5.10 Å². The van der Waals surface area contributed by atoms with Gasteiger partial charge in [0.1, 0.15) is 6.04 Å². The summed E-state index contributed by atoms with van der Waals surface area (Å²) in [6.45, 7) is 3.43. The molecule has 8 nitrogen and oxygen atoms in total. The first-order valence-corrected chi connectivity index (χ1v) is 11.4. The molecule has 3 heterocycles. The predicted octanol–water partition coefficient (Wildman–Crippen LogP) is 2.87. The van der Waals surface area contributed by atoms with Crippen LogP contribution in [0.1, 0.15) is 74.0 Å². The number of tetrazole rings is 1. The number of fused-ring (bicyclic) bond motifs is 1. The van der Waals surface area contributed by atoms with Gasteiger partial charge in [-0.25, -0.2) is 4.68 Å². The molecule has 1 atom stereocenters. The predicted molar refractivity (Wildman–Crippen MR) is 118 cm³/mol. The number of aliphatic hydroxyl groups is 1. The number of hydrogen-bond donors (Lipinski definition) is 2. The zero-order chi connectivity index (χ0) is 21.4. The second kappa shape index (κ2) is 8.51. The molecule has 1 saturated carbocycles. The number of aryl methyl sites for hydroxylation is 1. The minimum Gasteiger partial charge on any atom is -0.393 e. The summed E-state index contributed by atoms with van der Waals surface area (Å²) in [4.78, 5) is 18.6. The summed E-state index contributed by atoms with van der Waals surface area (Å²) in [5.41, 5.74) is 2.51. The van der Waals surface area contributed by atoms with Crippen molar-refractivity contribution in [3.63, 3.8) is 0 Å². The monoisotopic (exact) mass is 422 g/mol. The fraction of sp³-hybridized carbons (Fsp3) is 0.565. The maximum Gasteiger partial charge on any atom is 0.253 e. The number of aromatic amines is 1. The van der Waals surface area contributed by atoms with Crippen LogP contribution in [-0.4, -0.2) is 54.4 Å². The van der Waals surface area contributed by atoms with Crippen LogP contribution in [0.4, 0.5) is 0 Å². The van der Waals surface area contributed by atoms with Gasteiger partial charge >= 0.3 is 0 Å². The summed E-state index contributed by atoms with van der Waals surface area (Å²) in [5, 5.41) is 23.9. The highest BCUT2D eigenvalue weighted by Gasteiger charge is 2.34. The molecule has 3 aromatic rings. The molecule has 164 valence electrons. The second-order valence-electron chi connectivity index (χ2n) is 9.09. The van der Waals surface area contributed by atoms with E-state index in [4.69, 9.17) is 0 Å². The third kappa shape index (κ3) is 4.02. The lowest BCUT2D eigenvalue weighted by Crippen LogP contribution is -2.42. The molecule has 1 aromatic carbocycles. The van der Waals surface area contributed by atoms with Crippen LogP contribution >= 0.6 is 0 Å². The van der Waals surface area contributed by atoms with Crippen molar-refractivity contribution in [3.05, 3.63) is 51.6 Å². The van der Waals surface area contributed by atoms with Gasteiger partial charge in [0, 0.05) is 24.2 Å². The van der Waals surface area contributed by atoms with Crippen LogP contribution in [0.2, 0.25) is 0 Å². The maximum atomic E-state index is 13.3. The van der Waals surface area contributed by atoms with E-state index < -0.39 is 0 Å². The average molecular weight is 423 g/mol. The first kappa shape index (κ1) is 20.3. The standard InChI is InChI=1S/C23H30N6O2/c1-15-7-8-16-14-19(23(31)24-20(16)13-15)21(28-11-9-18(30)10-12-28)22-25-26-27-29(22)17-5-3-2-4-6-17/h7-8,13-14,17-18,21,30H,2-6,9-12H2,1H3,(H,24,31)/t21-/m1/s1. The van der Waals surface area contributed by atoms with Crippen molar-refractivity contribution >= 4 is 10.9 Å². The second-order valence-corrected chi connectivity index (χ2v) is 9.09. The van der Waals surface area contributed by atoms with Crippen molar-refractivity contribution in [3.8, 4) is 0 Å². The number of likely N-dealkylation sites (tertiary alicyclic amines) is 1. The van der Waals surface area contributed by atoms with Gasteiger partial charge in [0.15, 0.2) is 5.82 Å². The maximum absolute atomic E-state index is 13.3. The fourth-order valence-corrected chi connectivity index (χ4v) is 5.14. The summed E-state index contributed by atoms with van der Waals surface area (Å²) in [6.07, 6.45) is 6.84. The quantitative estimate of drug-likeness (QED) is 0.671. The summed E-state index contributed by atoms with van der Waals surface area (Å²) in [6, 6.07) is 8.04. The van der Waals surface area contributed by atoms with E-state index in [0.29, 0.717) is 31.5 Å². The molecule has 31 heavy (non-hydrogen) atoms. The van der Waals surface area contributed by atoms with Gasteiger partial charge in [0.25, 0.3) is 5.56 Å². The van der Waals surface area contributed by atoms with E-state index in [2.05, 4.69) is 31.5 Å². The van der Waals surface area contributed by atoms with E-state index >= 15 is 0 Å². The Labute approximate surface area is 181 Å². The van der Waals surface area contributed by atoms with Crippen LogP contribution in [-0.2, 0) is 0 Å². The SMILES string of the molecule is Cc1ccc2cc([C@H](c3nnnn3C3CCCCC3)N3CCC(O)CC3)c(=O)[nH]c2c1. The van der Waals surface area contributed by atoms with Gasteiger partial charge in [-0.1, -0.05) is 31.4 Å². The lowest BCUT2D eigenvalue weighted by molar-refractivity contribution is 0.0651. The highest BCUT2D eigenvalue weighted by Crippen LogP contribution is 2.34. The van der Waals surface area contributed by atoms with Gasteiger partial charge in [0.05, 0.1) is 12.1 Å². The van der Waals surface area contributed by atoms with E-state index in [-0.39, 0.29) is 23.7 Å². The Morgan fingerprint density at radius 3 is 2.65 bits per heavy atom. The lowest BCUT2D eigenvalue weighted by atomic mass is 9.94. The molecule has 8 heteroatoms. The summed E-state index contributed by atoms with van der Waals surface area (Å²) < 4.78 is 1.97. The number of pyridine rings is 1. The molecule has 5 rings (SSSR count). The first-order valence-electron chi connectivity index (χ1n) is 11.4. The molecule has 1 aliphatic heterocycles. The van der Waals surface area contributed by atoms with Crippen molar-refractivity contribution < 1.29 is 5.11 Å². The first-order chi connectivity index (χ1) is 15.1. The fourth-order valence-electron chi connectivity index (χ4n) is 5.14. The van der Waals surface area contributed by atoms with E-state index in [0.717, 1.165) is 35.1 Å². The molecule has 0 spiro atoms. The molecule has 2 N–H and O–H groups in total. The van der Waals surface area contributed by atoms with E-state index in [9.17, 15) is 9.90 Å². The Hall–Kier alpha value is -2.58. The zero-order valence-corrected chi connectivity index (χ0v) is 18.0. The number of nitrogens with one attached hydrogen (secondary N) is 1. The molecular formula is C23H30N6O2. The van der Waals surface area contributed by atoms with Gasteiger partial charge in [-0.2, -0.15) is 0 Å². The number of aromatic nitrogens is 5. The van der Waals surface area contributed by atoms with Crippen molar-refractivity contribution in [2.75, 3.05) is 13.1 Å². The Kier molecular flexibility index (Phi) is 5.58. The molecule has 1 saturated heterocycles. The molecule has 0 amide bonds. The van der Waals surface area contributed by atoms with Gasteiger partial charge in [-0.05, 0) is 66.1 Å². The third-order valence-electron chi connectivity index (χ3n) is 6.87.